The van der Waals surface area contributed by atoms with Gasteiger partial charge in [0, 0.05) is 12.8 Å². The number of hydrogen-bond donors (Lipinski definition) is 3. The van der Waals surface area contributed by atoms with Crippen LogP contribution in [0.1, 0.15) is 201 Å². The monoisotopic (exact) mass is 742 g/mol. The maximum atomic E-state index is 13.1. The van der Waals surface area contributed by atoms with Gasteiger partial charge in [-0.05, 0) is 19.3 Å². The van der Waals surface area contributed by atoms with Crippen LogP contribution in [0, 0.1) is 0 Å². The Morgan fingerprint density at radius 1 is 0.566 bits per heavy atom. The van der Waals surface area contributed by atoms with Crippen molar-refractivity contribution < 1.29 is 24.5 Å². The number of unbranched alkanes of at least 4 members (excludes halogenated alkanes) is 21. The van der Waals surface area contributed by atoms with E-state index >= 15 is 0 Å². The van der Waals surface area contributed by atoms with Crippen molar-refractivity contribution in [3.63, 3.8) is 0 Å². The van der Waals surface area contributed by atoms with Crippen LogP contribution in [0.25, 0.3) is 0 Å². The van der Waals surface area contributed by atoms with Crippen molar-refractivity contribution in [2.75, 3.05) is 6.61 Å². The topological polar surface area (TPSA) is 95.9 Å². The molecule has 3 N–H and O–H groups in total. The van der Waals surface area contributed by atoms with Gasteiger partial charge in [-0.1, -0.05) is 223 Å². The van der Waals surface area contributed by atoms with E-state index in [1.54, 1.807) is 0 Å². The highest BCUT2D eigenvalue weighted by molar-refractivity contribution is 5.77. The van der Waals surface area contributed by atoms with Crippen LogP contribution >= 0.6 is 0 Å². The fraction of sp³-hybridized carbons (Fsp3) is 0.745. The summed E-state index contributed by atoms with van der Waals surface area (Å²) in [6.45, 7) is 6.27. The molecule has 0 aliphatic heterocycles. The molecule has 3 atom stereocenters. The lowest BCUT2D eigenvalue weighted by atomic mass is 10.0. The van der Waals surface area contributed by atoms with Crippen LogP contribution in [0.15, 0.2) is 60.8 Å². The second-order valence-electron chi connectivity index (χ2n) is 14.9. The molecule has 53 heavy (non-hydrogen) atoms. The number of allylic oxidation sites excluding steroid dienone is 9. The van der Waals surface area contributed by atoms with E-state index in [-0.39, 0.29) is 24.9 Å². The minimum absolute atomic E-state index is 0.0180. The van der Waals surface area contributed by atoms with Crippen LogP contribution in [-0.2, 0) is 14.3 Å². The van der Waals surface area contributed by atoms with Crippen molar-refractivity contribution in [1.29, 1.82) is 0 Å². The first-order valence-corrected chi connectivity index (χ1v) is 22.1. The van der Waals surface area contributed by atoms with E-state index in [1.165, 1.54) is 109 Å². The van der Waals surface area contributed by atoms with E-state index in [1.807, 2.05) is 54.7 Å². The zero-order valence-electron chi connectivity index (χ0n) is 34.6. The Bertz CT molecular complexity index is 968. The normalized spacial score (nSPS) is 14.0. The van der Waals surface area contributed by atoms with Gasteiger partial charge in [0.05, 0.1) is 25.2 Å². The lowest BCUT2D eigenvalue weighted by Crippen LogP contribution is -2.46. The number of hydrogen-bond acceptors (Lipinski definition) is 5. The fourth-order valence-corrected chi connectivity index (χ4v) is 6.39. The summed E-state index contributed by atoms with van der Waals surface area (Å²) in [6.07, 6.45) is 48.7. The maximum Gasteiger partial charge on any atom is 0.306 e. The Balaban J connectivity index is 4.73. The molecule has 3 unspecified atom stereocenters. The zero-order valence-corrected chi connectivity index (χ0v) is 34.6. The maximum absolute atomic E-state index is 13.1. The van der Waals surface area contributed by atoms with Gasteiger partial charge >= 0.3 is 5.97 Å². The summed E-state index contributed by atoms with van der Waals surface area (Å²) in [5.74, 6) is -0.610. The summed E-state index contributed by atoms with van der Waals surface area (Å²) in [5, 5.41) is 23.5. The van der Waals surface area contributed by atoms with Gasteiger partial charge < -0.3 is 20.3 Å². The third kappa shape index (κ3) is 36.3. The first-order valence-electron chi connectivity index (χ1n) is 22.1. The summed E-state index contributed by atoms with van der Waals surface area (Å²) < 4.78 is 5.80. The summed E-state index contributed by atoms with van der Waals surface area (Å²) in [6, 6.07) is -0.736. The van der Waals surface area contributed by atoms with Gasteiger partial charge in [-0.2, -0.15) is 0 Å². The van der Waals surface area contributed by atoms with Gasteiger partial charge in [0.1, 0.15) is 6.10 Å². The van der Waals surface area contributed by atoms with Crippen molar-refractivity contribution in [1.82, 2.24) is 5.32 Å². The quantitative estimate of drug-likeness (QED) is 0.0333. The largest absolute Gasteiger partial charge is 0.461 e. The van der Waals surface area contributed by atoms with E-state index < -0.39 is 18.2 Å². The standard InChI is InChI=1S/C47H83NO5/c1-4-7-10-13-16-19-22-25-27-30-33-36-39-45(50)44(42-49)48-46(51)41-43(38-35-32-29-26-23-20-17-14-11-8-5-2)53-47(52)40-37-34-31-28-24-21-18-15-12-9-6-3/h8,11,14,17,20,23,26,29,32,35,43-45,49-50H,4-7,9-10,12-13,15-16,18-19,21-22,24-25,27-28,30-31,33-34,36-42H2,1-3H3,(H,48,51)/b11-8+,17-14+,23-20-,29-26-,35-32+. The van der Waals surface area contributed by atoms with Crippen LogP contribution in [-0.4, -0.2) is 46.9 Å². The highest BCUT2D eigenvalue weighted by Gasteiger charge is 2.23. The first-order chi connectivity index (χ1) is 26.0. The summed E-state index contributed by atoms with van der Waals surface area (Å²) in [4.78, 5) is 25.8. The molecule has 0 saturated heterocycles. The Kier molecular flexibility index (Phi) is 38.9. The average Bonchev–Trinajstić information content (AvgIpc) is 3.15. The highest BCUT2D eigenvalue weighted by atomic mass is 16.5. The molecule has 0 radical (unpaired) electrons. The van der Waals surface area contributed by atoms with Gasteiger partial charge in [-0.3, -0.25) is 9.59 Å². The lowest BCUT2D eigenvalue weighted by molar-refractivity contribution is -0.150. The third-order valence-corrected chi connectivity index (χ3v) is 9.74. The van der Waals surface area contributed by atoms with E-state index in [4.69, 9.17) is 4.74 Å². The second kappa shape index (κ2) is 40.7. The zero-order chi connectivity index (χ0) is 38.9. The molecular weight excluding hydrogens is 659 g/mol. The molecule has 0 spiro atoms. The Labute approximate surface area is 327 Å². The molecule has 0 aliphatic carbocycles. The Hall–Kier alpha value is -2.44. The number of aliphatic hydroxyl groups is 2. The van der Waals surface area contributed by atoms with Gasteiger partial charge in [0.2, 0.25) is 5.91 Å². The molecule has 0 aromatic rings. The number of rotatable bonds is 38. The van der Waals surface area contributed by atoms with Gasteiger partial charge in [0.15, 0.2) is 0 Å². The number of aliphatic hydroxyl groups excluding tert-OH is 2. The van der Waals surface area contributed by atoms with Gasteiger partial charge in [0.25, 0.3) is 0 Å². The number of carbonyl (C=O) groups is 2. The molecule has 0 aliphatic rings. The second-order valence-corrected chi connectivity index (χ2v) is 14.9. The van der Waals surface area contributed by atoms with E-state index in [2.05, 4.69) is 32.2 Å². The summed E-state index contributed by atoms with van der Waals surface area (Å²) >= 11 is 0. The van der Waals surface area contributed by atoms with Crippen molar-refractivity contribution in [3.8, 4) is 0 Å². The number of esters is 1. The summed E-state index contributed by atoms with van der Waals surface area (Å²) in [5.41, 5.74) is 0. The smallest absolute Gasteiger partial charge is 0.306 e. The van der Waals surface area contributed by atoms with Gasteiger partial charge in [-0.25, -0.2) is 0 Å². The predicted octanol–water partition coefficient (Wildman–Crippen LogP) is 12.5. The molecule has 0 rings (SSSR count). The molecule has 306 valence electrons. The fourth-order valence-electron chi connectivity index (χ4n) is 6.39. The third-order valence-electron chi connectivity index (χ3n) is 9.74. The molecular formula is C47H83NO5. The van der Waals surface area contributed by atoms with Crippen LogP contribution in [0.2, 0.25) is 0 Å². The number of nitrogens with one attached hydrogen (secondary N) is 1. The number of ether oxygens (including phenoxy) is 1. The van der Waals surface area contributed by atoms with Crippen molar-refractivity contribution >= 4 is 11.9 Å². The van der Waals surface area contributed by atoms with E-state index in [0.717, 1.165) is 44.9 Å². The number of carbonyl (C=O) groups excluding carboxylic acids is 2. The minimum Gasteiger partial charge on any atom is -0.461 e. The molecule has 0 heterocycles. The van der Waals surface area contributed by atoms with Crippen LogP contribution < -0.4 is 5.32 Å². The van der Waals surface area contributed by atoms with Crippen molar-refractivity contribution in [3.05, 3.63) is 60.8 Å². The minimum atomic E-state index is -0.815. The van der Waals surface area contributed by atoms with Crippen LogP contribution in [0.5, 0.6) is 0 Å². The molecule has 0 saturated carbocycles. The molecule has 0 fully saturated rings. The first kappa shape index (κ1) is 50.6. The molecule has 0 aromatic heterocycles. The number of amides is 1. The Morgan fingerprint density at radius 2 is 0.981 bits per heavy atom. The predicted molar refractivity (Wildman–Crippen MR) is 227 cm³/mol. The Morgan fingerprint density at radius 3 is 1.43 bits per heavy atom. The highest BCUT2D eigenvalue weighted by Crippen LogP contribution is 2.16. The molecule has 6 nitrogen and oxygen atoms in total. The van der Waals surface area contributed by atoms with Crippen molar-refractivity contribution in [2.45, 2.75) is 219 Å². The van der Waals surface area contributed by atoms with E-state index in [9.17, 15) is 19.8 Å². The van der Waals surface area contributed by atoms with Gasteiger partial charge in [-0.15, -0.1) is 0 Å². The summed E-state index contributed by atoms with van der Waals surface area (Å²) in [7, 11) is 0. The lowest BCUT2D eigenvalue weighted by Gasteiger charge is -2.24. The van der Waals surface area contributed by atoms with Crippen LogP contribution in [0.4, 0.5) is 0 Å². The van der Waals surface area contributed by atoms with E-state index in [0.29, 0.717) is 19.3 Å². The van der Waals surface area contributed by atoms with Crippen LogP contribution in [0.3, 0.4) is 0 Å². The molecule has 0 bridgehead atoms. The molecule has 0 aromatic carbocycles. The van der Waals surface area contributed by atoms with Crippen molar-refractivity contribution in [2.24, 2.45) is 0 Å². The molecule has 1 amide bonds. The molecule has 6 heteroatoms. The average molecular weight is 742 g/mol. The SMILES string of the molecule is CC/C=C/C=C/C=C\C=C/C=C/CC(CC(=O)NC(CO)C(O)CCCCCCCCCCCCCC)OC(=O)CCCCCCCCCCCCC.